The molecule has 1 aliphatic rings. The molecule has 6 rings (SSSR count). The first-order valence-corrected chi connectivity index (χ1v) is 13.1. The van der Waals surface area contributed by atoms with Crippen LogP contribution < -0.4 is 20.5 Å². The number of carbonyl (C=O) groups is 1. The molecule has 0 saturated heterocycles. The highest BCUT2D eigenvalue weighted by molar-refractivity contribution is 5.94. The van der Waals surface area contributed by atoms with Crippen LogP contribution >= 0.6 is 0 Å². The maximum atomic E-state index is 14.0. The van der Waals surface area contributed by atoms with Crippen molar-refractivity contribution in [3.05, 3.63) is 98.6 Å². The number of aromatic hydroxyl groups is 1. The monoisotopic (exact) mass is 537 g/mol. The lowest BCUT2D eigenvalue weighted by Gasteiger charge is -2.26. The van der Waals surface area contributed by atoms with E-state index < -0.39 is 17.3 Å². The number of benzene rings is 3. The van der Waals surface area contributed by atoms with Gasteiger partial charge in [-0.3, -0.25) is 14.4 Å². The van der Waals surface area contributed by atoms with Crippen molar-refractivity contribution in [2.24, 2.45) is 5.92 Å². The van der Waals surface area contributed by atoms with Gasteiger partial charge in [0.15, 0.2) is 0 Å². The molecule has 2 aromatic heterocycles. The summed E-state index contributed by atoms with van der Waals surface area (Å²) < 4.78 is 18.5. The van der Waals surface area contributed by atoms with E-state index in [1.165, 1.54) is 12.3 Å². The average molecular weight is 538 g/mol. The summed E-state index contributed by atoms with van der Waals surface area (Å²) in [5, 5.41) is 11.7. The average Bonchev–Trinajstić information content (AvgIpc) is 2.93. The first kappa shape index (κ1) is 25.4. The molecule has 8 nitrogen and oxygen atoms in total. The number of para-hydroxylation sites is 1. The number of hydrogen-bond donors (Lipinski definition) is 1. The Labute approximate surface area is 229 Å². The van der Waals surface area contributed by atoms with Gasteiger partial charge in [0, 0.05) is 29.7 Å². The van der Waals surface area contributed by atoms with Crippen molar-refractivity contribution in [1.82, 2.24) is 4.57 Å². The lowest BCUT2D eigenvalue weighted by Crippen LogP contribution is -2.31. The molecule has 40 heavy (non-hydrogen) atoms. The zero-order valence-corrected chi connectivity index (χ0v) is 22.3. The van der Waals surface area contributed by atoms with Crippen LogP contribution in [0.5, 0.6) is 17.2 Å². The van der Waals surface area contributed by atoms with Crippen molar-refractivity contribution in [2.45, 2.75) is 32.7 Å². The lowest BCUT2D eigenvalue weighted by molar-refractivity contribution is -0.135. The van der Waals surface area contributed by atoms with Crippen LogP contribution in [-0.2, 0) is 11.3 Å². The van der Waals surface area contributed by atoms with Crippen LogP contribution in [0.3, 0.4) is 0 Å². The molecule has 0 spiro atoms. The zero-order valence-electron chi connectivity index (χ0n) is 22.3. The second-order valence-corrected chi connectivity index (χ2v) is 10.4. The second-order valence-electron chi connectivity index (χ2n) is 10.4. The van der Waals surface area contributed by atoms with Crippen molar-refractivity contribution in [3.8, 4) is 28.4 Å². The van der Waals surface area contributed by atoms with E-state index in [4.69, 9.17) is 13.9 Å². The number of ether oxygens (including phenoxy) is 2. The maximum Gasteiger partial charge on any atom is 0.312 e. The summed E-state index contributed by atoms with van der Waals surface area (Å²) in [6, 6.07) is 17.6. The molecule has 0 unspecified atom stereocenters. The van der Waals surface area contributed by atoms with Gasteiger partial charge in [0.1, 0.15) is 34.5 Å². The van der Waals surface area contributed by atoms with E-state index >= 15 is 0 Å². The van der Waals surface area contributed by atoms with Gasteiger partial charge in [-0.15, -0.1) is 0 Å². The number of nitrogens with zero attached hydrogens (tertiary/aromatic N) is 1. The summed E-state index contributed by atoms with van der Waals surface area (Å²) in [6.07, 6.45) is 1.21. The molecule has 0 bridgehead atoms. The van der Waals surface area contributed by atoms with E-state index in [9.17, 15) is 19.5 Å². The van der Waals surface area contributed by atoms with Gasteiger partial charge < -0.3 is 23.6 Å². The molecule has 0 amide bonds. The summed E-state index contributed by atoms with van der Waals surface area (Å²) in [5.74, 6) is -0.765. The van der Waals surface area contributed by atoms with Gasteiger partial charge in [0.05, 0.1) is 24.6 Å². The Morgan fingerprint density at radius 2 is 1.80 bits per heavy atom. The van der Waals surface area contributed by atoms with E-state index in [0.29, 0.717) is 29.0 Å². The van der Waals surface area contributed by atoms with Gasteiger partial charge in [-0.1, -0.05) is 44.2 Å². The minimum Gasteiger partial charge on any atom is -0.507 e. The molecule has 1 atom stereocenters. The quantitative estimate of drug-likeness (QED) is 0.230. The van der Waals surface area contributed by atoms with E-state index in [0.717, 1.165) is 10.9 Å². The number of methoxy groups -OCH3 is 1. The molecule has 0 saturated carbocycles. The number of fused-ring (bicyclic) bond motifs is 4. The number of rotatable bonds is 5. The van der Waals surface area contributed by atoms with Crippen molar-refractivity contribution in [2.75, 3.05) is 7.11 Å². The molecule has 1 aliphatic heterocycles. The summed E-state index contributed by atoms with van der Waals surface area (Å²) in [6.45, 7) is 4.56. The van der Waals surface area contributed by atoms with Crippen LogP contribution in [0.4, 0.5) is 0 Å². The van der Waals surface area contributed by atoms with Crippen LogP contribution in [0, 0.1) is 5.92 Å². The third-order valence-corrected chi connectivity index (χ3v) is 7.33. The van der Waals surface area contributed by atoms with E-state index in [1.54, 1.807) is 42.0 Å². The normalized spacial score (nSPS) is 14.9. The van der Waals surface area contributed by atoms with Crippen LogP contribution in [0.1, 0.15) is 37.3 Å². The van der Waals surface area contributed by atoms with Crippen molar-refractivity contribution >= 4 is 27.8 Å². The molecular formula is C32H27NO7. The van der Waals surface area contributed by atoms with E-state index in [-0.39, 0.29) is 45.9 Å². The molecule has 8 heteroatoms. The Kier molecular flexibility index (Phi) is 6.18. The predicted molar refractivity (Wildman–Crippen MR) is 151 cm³/mol. The standard InChI is InChI=1S/C32H27NO7/c1-17(2)15-33-24-7-5-4-6-19(24)12-22(32(33)37)21-13-27(35)40-26-14-25(34)29-30(36)23(16-39-31(29)28(21)26)18-8-10-20(38-3)11-9-18/h4-12,14,16-17,21,34H,13,15H2,1-3H3/t21-/m0/s1. The van der Waals surface area contributed by atoms with E-state index in [1.807, 2.05) is 38.1 Å². The highest BCUT2D eigenvalue weighted by Gasteiger charge is 2.35. The summed E-state index contributed by atoms with van der Waals surface area (Å²) in [7, 11) is 1.55. The molecular weight excluding hydrogens is 510 g/mol. The number of pyridine rings is 1. The van der Waals surface area contributed by atoms with Crippen molar-refractivity contribution in [1.29, 1.82) is 0 Å². The van der Waals surface area contributed by atoms with Crippen LogP contribution in [0.25, 0.3) is 33.0 Å². The molecule has 3 heterocycles. The number of phenolic OH excluding ortho intramolecular Hbond substituents is 1. The first-order valence-electron chi connectivity index (χ1n) is 13.1. The number of phenols is 1. The van der Waals surface area contributed by atoms with Gasteiger partial charge in [-0.25, -0.2) is 0 Å². The molecule has 202 valence electrons. The predicted octanol–water partition coefficient (Wildman–Crippen LogP) is 5.59. The van der Waals surface area contributed by atoms with Crippen LogP contribution in [0.15, 0.2) is 80.9 Å². The van der Waals surface area contributed by atoms with Crippen LogP contribution in [-0.4, -0.2) is 22.8 Å². The third-order valence-electron chi connectivity index (χ3n) is 7.33. The maximum absolute atomic E-state index is 14.0. The lowest BCUT2D eigenvalue weighted by atomic mass is 9.84. The fourth-order valence-corrected chi connectivity index (χ4v) is 5.51. The Morgan fingerprint density at radius 1 is 1.05 bits per heavy atom. The number of hydrogen-bond acceptors (Lipinski definition) is 7. The second kappa shape index (κ2) is 9.72. The Balaban J connectivity index is 1.61. The molecule has 3 aromatic carbocycles. The topological polar surface area (TPSA) is 108 Å². The Hall–Kier alpha value is -4.85. The number of aromatic nitrogens is 1. The zero-order chi connectivity index (χ0) is 28.1. The molecule has 5 aromatic rings. The van der Waals surface area contributed by atoms with Gasteiger partial charge in [-0.2, -0.15) is 0 Å². The summed E-state index contributed by atoms with van der Waals surface area (Å²) in [4.78, 5) is 40.4. The third kappa shape index (κ3) is 4.12. The highest BCUT2D eigenvalue weighted by atomic mass is 16.5. The van der Waals surface area contributed by atoms with Crippen LogP contribution in [0.2, 0.25) is 0 Å². The van der Waals surface area contributed by atoms with Gasteiger partial charge in [-0.05, 0) is 41.1 Å². The van der Waals surface area contributed by atoms with Crippen molar-refractivity contribution < 1.29 is 23.8 Å². The Bertz CT molecular complexity index is 1920. The van der Waals surface area contributed by atoms with Gasteiger partial charge in [0.2, 0.25) is 5.43 Å². The Morgan fingerprint density at radius 3 is 2.52 bits per heavy atom. The largest absolute Gasteiger partial charge is 0.507 e. The number of carbonyl (C=O) groups excluding carboxylic acids is 1. The van der Waals surface area contributed by atoms with Crippen molar-refractivity contribution in [3.63, 3.8) is 0 Å². The SMILES string of the molecule is COc1ccc(-c2coc3c4c(cc(O)c3c2=O)OC(=O)C[C@H]4c2cc3ccccc3n(CC(C)C)c2=O)cc1. The number of esters is 1. The molecule has 1 N–H and O–H groups in total. The minimum absolute atomic E-state index is 0.0432. The summed E-state index contributed by atoms with van der Waals surface area (Å²) >= 11 is 0. The molecule has 0 aliphatic carbocycles. The first-order chi connectivity index (χ1) is 19.3. The highest BCUT2D eigenvalue weighted by Crippen LogP contribution is 2.45. The minimum atomic E-state index is -0.746. The molecule has 0 radical (unpaired) electrons. The smallest absolute Gasteiger partial charge is 0.312 e. The fraction of sp³-hybridized carbons (Fsp3) is 0.219. The van der Waals surface area contributed by atoms with E-state index in [2.05, 4.69) is 0 Å². The fourth-order valence-electron chi connectivity index (χ4n) is 5.51. The van der Waals surface area contributed by atoms with Gasteiger partial charge >= 0.3 is 5.97 Å². The molecule has 0 fully saturated rings. The summed E-state index contributed by atoms with van der Waals surface area (Å²) in [5.41, 5.74) is 1.82. The van der Waals surface area contributed by atoms with Gasteiger partial charge in [0.25, 0.3) is 5.56 Å².